The van der Waals surface area contributed by atoms with Gasteiger partial charge in [0.2, 0.25) is 0 Å². The maximum atomic E-state index is 4.34. The number of nitrogens with zero attached hydrogens (tertiary/aromatic N) is 4. The summed E-state index contributed by atoms with van der Waals surface area (Å²) in [5.74, 6) is 0. The first-order valence-electron chi connectivity index (χ1n) is 5.45. The minimum Gasteiger partial charge on any atom is -0.264 e. The molecule has 0 amide bonds. The molecule has 0 fully saturated rings. The van der Waals surface area contributed by atoms with Gasteiger partial charge in [-0.3, -0.25) is 9.67 Å². The first kappa shape index (κ1) is 9.96. The molecular formula is C13H12N4. The Morgan fingerprint density at radius 1 is 1.06 bits per heavy atom. The Hall–Kier alpha value is -2.23. The van der Waals surface area contributed by atoms with Crippen LogP contribution in [-0.2, 0) is 7.05 Å². The molecule has 84 valence electrons. The quantitative estimate of drug-likeness (QED) is 0.637. The molecule has 0 spiro atoms. The zero-order valence-corrected chi connectivity index (χ0v) is 9.75. The molecule has 4 heteroatoms. The molecule has 3 aromatic rings. The van der Waals surface area contributed by atoms with Gasteiger partial charge in [0.15, 0.2) is 5.65 Å². The van der Waals surface area contributed by atoms with Gasteiger partial charge in [-0.15, -0.1) is 0 Å². The van der Waals surface area contributed by atoms with Gasteiger partial charge in [-0.1, -0.05) is 0 Å². The summed E-state index contributed by atoms with van der Waals surface area (Å²) in [4.78, 5) is 8.52. The predicted molar refractivity (Wildman–Crippen MR) is 66.5 cm³/mol. The van der Waals surface area contributed by atoms with Crippen molar-refractivity contribution in [3.8, 4) is 11.1 Å². The Morgan fingerprint density at radius 2 is 1.94 bits per heavy atom. The standard InChI is InChI=1S/C13H12N4/c1-9-3-5-14-7-11(9)10-4-6-15-13-12(10)8-16-17(13)2/h3-8H,1-2H3. The Bertz CT molecular complexity index is 685. The Balaban J connectivity index is 2.35. The monoisotopic (exact) mass is 224 g/mol. The number of aryl methyl sites for hydroxylation is 2. The summed E-state index contributed by atoms with van der Waals surface area (Å²) in [6, 6.07) is 4.02. The molecule has 3 rings (SSSR count). The van der Waals surface area contributed by atoms with Gasteiger partial charge in [0, 0.05) is 36.6 Å². The molecule has 4 nitrogen and oxygen atoms in total. The zero-order valence-electron chi connectivity index (χ0n) is 9.75. The van der Waals surface area contributed by atoms with E-state index in [0.717, 1.165) is 22.2 Å². The average Bonchev–Trinajstić information content (AvgIpc) is 2.72. The van der Waals surface area contributed by atoms with Crippen LogP contribution in [0.15, 0.2) is 36.9 Å². The van der Waals surface area contributed by atoms with Crippen molar-refractivity contribution in [3.05, 3.63) is 42.5 Å². The lowest BCUT2D eigenvalue weighted by atomic mass is 10.0. The van der Waals surface area contributed by atoms with Crippen LogP contribution in [0.5, 0.6) is 0 Å². The lowest BCUT2D eigenvalue weighted by Gasteiger charge is -2.05. The van der Waals surface area contributed by atoms with Gasteiger partial charge in [0.1, 0.15) is 0 Å². The van der Waals surface area contributed by atoms with Crippen LogP contribution in [0.4, 0.5) is 0 Å². The summed E-state index contributed by atoms with van der Waals surface area (Å²) in [5.41, 5.74) is 4.36. The van der Waals surface area contributed by atoms with Crippen LogP contribution in [0.1, 0.15) is 5.56 Å². The highest BCUT2D eigenvalue weighted by molar-refractivity contribution is 5.92. The largest absolute Gasteiger partial charge is 0.264 e. The first-order valence-corrected chi connectivity index (χ1v) is 5.45. The topological polar surface area (TPSA) is 43.6 Å². The van der Waals surface area contributed by atoms with Crippen LogP contribution >= 0.6 is 0 Å². The second-order valence-electron chi connectivity index (χ2n) is 4.05. The van der Waals surface area contributed by atoms with E-state index < -0.39 is 0 Å². The number of hydrogen-bond acceptors (Lipinski definition) is 3. The summed E-state index contributed by atoms with van der Waals surface area (Å²) in [6.45, 7) is 2.08. The van der Waals surface area contributed by atoms with Gasteiger partial charge in [-0.05, 0) is 30.2 Å². The molecule has 0 aliphatic heterocycles. The maximum absolute atomic E-state index is 4.34. The summed E-state index contributed by atoms with van der Waals surface area (Å²) in [6.07, 6.45) is 7.35. The predicted octanol–water partition coefficient (Wildman–Crippen LogP) is 2.34. The fourth-order valence-electron chi connectivity index (χ4n) is 2.03. The van der Waals surface area contributed by atoms with Crippen molar-refractivity contribution in [2.45, 2.75) is 6.92 Å². The van der Waals surface area contributed by atoms with E-state index in [1.54, 1.807) is 10.9 Å². The van der Waals surface area contributed by atoms with Gasteiger partial charge in [0.25, 0.3) is 0 Å². The Labute approximate surface area is 98.9 Å². The molecule has 0 aromatic carbocycles. The highest BCUT2D eigenvalue weighted by Gasteiger charge is 2.09. The van der Waals surface area contributed by atoms with E-state index in [1.807, 2.05) is 37.8 Å². The third kappa shape index (κ3) is 1.49. The summed E-state index contributed by atoms with van der Waals surface area (Å²) in [5, 5.41) is 5.31. The molecule has 0 aliphatic carbocycles. The highest BCUT2D eigenvalue weighted by atomic mass is 15.3. The Kier molecular flexibility index (Phi) is 2.14. The summed E-state index contributed by atoms with van der Waals surface area (Å²) in [7, 11) is 1.90. The molecule has 0 saturated carbocycles. The van der Waals surface area contributed by atoms with E-state index in [4.69, 9.17) is 0 Å². The molecule has 0 bridgehead atoms. The lowest BCUT2D eigenvalue weighted by molar-refractivity contribution is 0.786. The van der Waals surface area contributed by atoms with E-state index >= 15 is 0 Å². The van der Waals surface area contributed by atoms with Crippen LogP contribution in [0.25, 0.3) is 22.2 Å². The molecule has 0 radical (unpaired) electrons. The smallest absolute Gasteiger partial charge is 0.158 e. The number of aromatic nitrogens is 4. The SMILES string of the molecule is Cc1ccncc1-c1ccnc2c1cnn2C. The second kappa shape index (κ2) is 3.66. The molecule has 0 unspecified atom stereocenters. The van der Waals surface area contributed by atoms with Crippen LogP contribution in [0.2, 0.25) is 0 Å². The molecule has 0 aliphatic rings. The van der Waals surface area contributed by atoms with Crippen molar-refractivity contribution < 1.29 is 0 Å². The van der Waals surface area contributed by atoms with Gasteiger partial charge in [0.05, 0.1) is 6.20 Å². The molecule has 0 atom stereocenters. The van der Waals surface area contributed by atoms with Crippen molar-refractivity contribution >= 4 is 11.0 Å². The average molecular weight is 224 g/mol. The zero-order chi connectivity index (χ0) is 11.8. The molecule has 0 N–H and O–H groups in total. The molecule has 0 saturated heterocycles. The van der Waals surface area contributed by atoms with Crippen molar-refractivity contribution in [2.75, 3.05) is 0 Å². The van der Waals surface area contributed by atoms with E-state index in [-0.39, 0.29) is 0 Å². The lowest BCUT2D eigenvalue weighted by Crippen LogP contribution is -1.92. The minimum atomic E-state index is 0.894. The van der Waals surface area contributed by atoms with E-state index in [2.05, 4.69) is 22.0 Å². The minimum absolute atomic E-state index is 0.894. The van der Waals surface area contributed by atoms with Crippen LogP contribution in [-0.4, -0.2) is 19.7 Å². The van der Waals surface area contributed by atoms with E-state index in [1.165, 1.54) is 5.56 Å². The highest BCUT2D eigenvalue weighted by Crippen LogP contribution is 2.28. The van der Waals surface area contributed by atoms with Crippen molar-refractivity contribution in [1.82, 2.24) is 19.7 Å². The molecule has 3 heterocycles. The van der Waals surface area contributed by atoms with Gasteiger partial charge in [-0.25, -0.2) is 4.98 Å². The van der Waals surface area contributed by atoms with Gasteiger partial charge in [-0.2, -0.15) is 5.10 Å². The van der Waals surface area contributed by atoms with Crippen molar-refractivity contribution in [3.63, 3.8) is 0 Å². The van der Waals surface area contributed by atoms with Crippen LogP contribution in [0.3, 0.4) is 0 Å². The molecular weight excluding hydrogens is 212 g/mol. The second-order valence-corrected chi connectivity index (χ2v) is 4.05. The third-order valence-electron chi connectivity index (χ3n) is 2.96. The van der Waals surface area contributed by atoms with Crippen LogP contribution < -0.4 is 0 Å². The number of fused-ring (bicyclic) bond motifs is 1. The van der Waals surface area contributed by atoms with Crippen molar-refractivity contribution in [2.24, 2.45) is 7.05 Å². The maximum Gasteiger partial charge on any atom is 0.158 e. The third-order valence-corrected chi connectivity index (χ3v) is 2.96. The Morgan fingerprint density at radius 3 is 2.76 bits per heavy atom. The number of hydrogen-bond donors (Lipinski definition) is 0. The fraction of sp³-hybridized carbons (Fsp3) is 0.154. The molecule has 17 heavy (non-hydrogen) atoms. The number of rotatable bonds is 1. The summed E-state index contributed by atoms with van der Waals surface area (Å²) >= 11 is 0. The van der Waals surface area contributed by atoms with Crippen molar-refractivity contribution in [1.29, 1.82) is 0 Å². The first-order chi connectivity index (χ1) is 8.27. The normalized spacial score (nSPS) is 10.9. The summed E-state index contributed by atoms with van der Waals surface area (Å²) < 4.78 is 1.78. The van der Waals surface area contributed by atoms with Gasteiger partial charge < -0.3 is 0 Å². The van der Waals surface area contributed by atoms with E-state index in [9.17, 15) is 0 Å². The fourth-order valence-corrected chi connectivity index (χ4v) is 2.03. The van der Waals surface area contributed by atoms with Gasteiger partial charge >= 0.3 is 0 Å². The van der Waals surface area contributed by atoms with E-state index in [0.29, 0.717) is 0 Å². The number of pyridine rings is 2. The van der Waals surface area contributed by atoms with Crippen LogP contribution in [0, 0.1) is 6.92 Å². The molecule has 3 aromatic heterocycles.